The Labute approximate surface area is 178 Å². The van der Waals surface area contributed by atoms with Crippen molar-refractivity contribution in [1.82, 2.24) is 4.90 Å². The number of nitrogens with two attached hydrogens (primary N) is 1. The van der Waals surface area contributed by atoms with Crippen molar-refractivity contribution in [2.45, 2.75) is 69.9 Å². The van der Waals surface area contributed by atoms with Gasteiger partial charge in [0.25, 0.3) is 0 Å². The third kappa shape index (κ3) is 4.74. The summed E-state index contributed by atoms with van der Waals surface area (Å²) in [6, 6.07) is 14.0. The zero-order chi connectivity index (χ0) is 21.3. The van der Waals surface area contributed by atoms with Crippen LogP contribution in [0.15, 0.2) is 48.5 Å². The molecule has 2 saturated heterocycles. The molecule has 2 bridgehead atoms. The van der Waals surface area contributed by atoms with E-state index in [-0.39, 0.29) is 29.9 Å². The molecule has 1 unspecified atom stereocenters. The van der Waals surface area contributed by atoms with E-state index in [1.807, 2.05) is 0 Å². The van der Waals surface area contributed by atoms with Gasteiger partial charge in [-0.2, -0.15) is 0 Å². The Morgan fingerprint density at radius 2 is 1.37 bits per heavy atom. The van der Waals surface area contributed by atoms with Crippen molar-refractivity contribution in [2.24, 2.45) is 11.7 Å². The maximum atomic E-state index is 13.5. The van der Waals surface area contributed by atoms with Crippen molar-refractivity contribution in [3.8, 4) is 0 Å². The van der Waals surface area contributed by atoms with Gasteiger partial charge in [-0.1, -0.05) is 38.1 Å². The zero-order valence-corrected chi connectivity index (χ0v) is 17.8. The van der Waals surface area contributed by atoms with Gasteiger partial charge in [-0.25, -0.2) is 8.78 Å². The quantitative estimate of drug-likeness (QED) is 0.689. The summed E-state index contributed by atoms with van der Waals surface area (Å²) in [7, 11) is 0. The molecule has 2 fully saturated rings. The highest BCUT2D eigenvalue weighted by molar-refractivity contribution is 5.30. The van der Waals surface area contributed by atoms with Crippen LogP contribution in [0.1, 0.15) is 56.8 Å². The van der Waals surface area contributed by atoms with E-state index in [1.165, 1.54) is 37.1 Å². The first-order valence-corrected chi connectivity index (χ1v) is 11.1. The summed E-state index contributed by atoms with van der Waals surface area (Å²) < 4.78 is 33.6. The van der Waals surface area contributed by atoms with Gasteiger partial charge in [0.05, 0.1) is 6.10 Å². The van der Waals surface area contributed by atoms with E-state index in [9.17, 15) is 8.78 Å². The minimum Gasteiger partial charge on any atom is -0.365 e. The summed E-state index contributed by atoms with van der Waals surface area (Å²) in [6.07, 6.45) is 4.11. The fourth-order valence-corrected chi connectivity index (χ4v) is 4.90. The fraction of sp³-hybridized carbons (Fsp3) is 0.520. The van der Waals surface area contributed by atoms with E-state index in [0.717, 1.165) is 30.5 Å². The summed E-state index contributed by atoms with van der Waals surface area (Å²) in [4.78, 5) is 2.59. The van der Waals surface area contributed by atoms with Crippen LogP contribution in [-0.2, 0) is 4.74 Å². The van der Waals surface area contributed by atoms with Crippen molar-refractivity contribution < 1.29 is 13.5 Å². The summed E-state index contributed by atoms with van der Waals surface area (Å²) >= 11 is 0. The topological polar surface area (TPSA) is 38.5 Å². The molecular formula is C25H32F2N2O. The summed E-state index contributed by atoms with van der Waals surface area (Å²) in [5.41, 5.74) is 8.13. The van der Waals surface area contributed by atoms with Crippen molar-refractivity contribution in [2.75, 3.05) is 6.54 Å². The lowest BCUT2D eigenvalue weighted by Crippen LogP contribution is -2.51. The molecule has 0 spiro atoms. The molecule has 2 aromatic rings. The SMILES string of the molecule is CC(C)[C@H](N)CN1[C@@H]2CC[C@H]1CC(OC(c1ccc(F)cc1)c1ccc(F)cc1)C2. The van der Waals surface area contributed by atoms with E-state index >= 15 is 0 Å². The Morgan fingerprint density at radius 3 is 1.80 bits per heavy atom. The van der Waals surface area contributed by atoms with Gasteiger partial charge in [-0.05, 0) is 67.0 Å². The second-order valence-electron chi connectivity index (χ2n) is 9.20. The van der Waals surface area contributed by atoms with E-state index in [0.29, 0.717) is 18.0 Å². The summed E-state index contributed by atoms with van der Waals surface area (Å²) in [5, 5.41) is 0. The average Bonchev–Trinajstić information content (AvgIpc) is 2.95. The van der Waals surface area contributed by atoms with Crippen LogP contribution in [0.25, 0.3) is 0 Å². The highest BCUT2D eigenvalue weighted by Crippen LogP contribution is 2.40. The second kappa shape index (κ2) is 9.13. The van der Waals surface area contributed by atoms with Gasteiger partial charge in [-0.15, -0.1) is 0 Å². The summed E-state index contributed by atoms with van der Waals surface area (Å²) in [6.45, 7) is 5.30. The van der Waals surface area contributed by atoms with E-state index in [4.69, 9.17) is 10.5 Å². The molecule has 4 rings (SSSR count). The van der Waals surface area contributed by atoms with E-state index in [1.54, 1.807) is 24.3 Å². The number of hydrogen-bond donors (Lipinski definition) is 1. The number of rotatable bonds is 7. The van der Waals surface area contributed by atoms with Crippen LogP contribution >= 0.6 is 0 Å². The number of nitrogens with zero attached hydrogens (tertiary/aromatic N) is 1. The first-order chi connectivity index (χ1) is 14.4. The van der Waals surface area contributed by atoms with Gasteiger partial charge >= 0.3 is 0 Å². The number of benzene rings is 2. The fourth-order valence-electron chi connectivity index (χ4n) is 4.90. The average molecular weight is 415 g/mol. The normalized spacial score (nSPS) is 25.2. The van der Waals surface area contributed by atoms with Crippen molar-refractivity contribution in [3.05, 3.63) is 71.3 Å². The Kier molecular flexibility index (Phi) is 6.51. The molecule has 0 radical (unpaired) electrons. The van der Waals surface area contributed by atoms with Gasteiger partial charge in [0.2, 0.25) is 0 Å². The second-order valence-corrected chi connectivity index (χ2v) is 9.20. The summed E-state index contributed by atoms with van der Waals surface area (Å²) in [5.74, 6) is -0.0754. The molecule has 0 saturated carbocycles. The molecule has 2 N–H and O–H groups in total. The molecule has 2 aliphatic rings. The van der Waals surface area contributed by atoms with Gasteiger partial charge in [0, 0.05) is 24.7 Å². The molecule has 0 aromatic heterocycles. The Morgan fingerprint density at radius 1 is 0.900 bits per heavy atom. The Bertz CT molecular complexity index is 765. The molecular weight excluding hydrogens is 382 g/mol. The number of halogens is 2. The number of ether oxygens (including phenoxy) is 1. The van der Waals surface area contributed by atoms with Gasteiger partial charge in [0.15, 0.2) is 0 Å². The minimum absolute atomic E-state index is 0.120. The lowest BCUT2D eigenvalue weighted by atomic mass is 9.95. The standard InChI is InChI=1S/C25H32F2N2O/c1-16(2)24(28)15-29-21-11-12-22(29)14-23(13-21)30-25(17-3-7-19(26)8-4-17)18-5-9-20(27)10-6-18/h3-10,16,21-25H,11-15,28H2,1-2H3/t21-,22+,23?,24-/m1/s1. The van der Waals surface area contributed by atoms with Crippen molar-refractivity contribution in [1.29, 1.82) is 0 Å². The molecule has 0 aliphatic carbocycles. The first kappa shape index (κ1) is 21.4. The van der Waals surface area contributed by atoms with Crippen LogP contribution in [0.4, 0.5) is 8.78 Å². The number of fused-ring (bicyclic) bond motifs is 2. The monoisotopic (exact) mass is 414 g/mol. The molecule has 2 heterocycles. The Hall–Kier alpha value is -1.82. The molecule has 0 amide bonds. The van der Waals surface area contributed by atoms with Crippen LogP contribution in [-0.4, -0.2) is 35.7 Å². The van der Waals surface area contributed by atoms with Gasteiger partial charge < -0.3 is 10.5 Å². The first-order valence-electron chi connectivity index (χ1n) is 11.1. The number of hydrogen-bond acceptors (Lipinski definition) is 3. The lowest BCUT2D eigenvalue weighted by Gasteiger charge is -2.41. The van der Waals surface area contributed by atoms with E-state index in [2.05, 4.69) is 18.7 Å². The molecule has 3 nitrogen and oxygen atoms in total. The third-order valence-corrected chi connectivity index (χ3v) is 6.79. The smallest absolute Gasteiger partial charge is 0.123 e. The van der Waals surface area contributed by atoms with Crippen molar-refractivity contribution in [3.63, 3.8) is 0 Å². The highest BCUT2D eigenvalue weighted by atomic mass is 19.1. The Balaban J connectivity index is 1.50. The van der Waals surface area contributed by atoms with Crippen molar-refractivity contribution >= 4 is 0 Å². The maximum absolute atomic E-state index is 13.5. The predicted molar refractivity (Wildman–Crippen MR) is 115 cm³/mol. The van der Waals surface area contributed by atoms with Crippen LogP contribution in [0.2, 0.25) is 0 Å². The highest BCUT2D eigenvalue weighted by Gasteiger charge is 2.42. The van der Waals surface area contributed by atoms with Crippen LogP contribution in [0.3, 0.4) is 0 Å². The largest absolute Gasteiger partial charge is 0.365 e. The van der Waals surface area contributed by atoms with Gasteiger partial charge in [0.1, 0.15) is 17.7 Å². The van der Waals surface area contributed by atoms with Crippen LogP contribution in [0.5, 0.6) is 0 Å². The molecule has 2 aromatic carbocycles. The molecule has 30 heavy (non-hydrogen) atoms. The molecule has 5 heteroatoms. The predicted octanol–water partition coefficient (Wildman–Crippen LogP) is 5.05. The maximum Gasteiger partial charge on any atom is 0.123 e. The lowest BCUT2D eigenvalue weighted by molar-refractivity contribution is -0.0498. The molecule has 4 atom stereocenters. The number of piperidine rings is 1. The van der Waals surface area contributed by atoms with Crippen LogP contribution < -0.4 is 5.73 Å². The zero-order valence-electron chi connectivity index (χ0n) is 17.8. The van der Waals surface area contributed by atoms with Crippen LogP contribution in [0, 0.1) is 17.6 Å². The third-order valence-electron chi connectivity index (χ3n) is 6.79. The van der Waals surface area contributed by atoms with Gasteiger partial charge in [-0.3, -0.25) is 4.90 Å². The molecule has 2 aliphatic heterocycles. The van der Waals surface area contributed by atoms with E-state index < -0.39 is 0 Å². The minimum atomic E-state index is -0.333. The molecule has 162 valence electrons.